The number of esters is 1. The molecule has 1 aromatic heterocycles. The minimum Gasteiger partial charge on any atom is -0.459 e. The lowest BCUT2D eigenvalue weighted by atomic mass is 9.93. The molecule has 0 unspecified atom stereocenters. The van der Waals surface area contributed by atoms with Crippen molar-refractivity contribution in [3.05, 3.63) is 113 Å². The number of ether oxygens (including phenoxy) is 2. The Morgan fingerprint density at radius 2 is 1.80 bits per heavy atom. The van der Waals surface area contributed by atoms with Crippen molar-refractivity contribution in [3.8, 4) is 11.5 Å². The lowest BCUT2D eigenvalue weighted by Crippen LogP contribution is -2.38. The standard InChI is InChI=1S/C32H32N4O4S/c1-21(2)39-31(38)29-22(3)35-32-36(25(20-41-32)19-28(37)34-17-15-24-11-7-8-16-33-24)30(29)23-10-9-14-27(18-23)40-26-12-5-4-6-13-26/h4-14,16,18,20-21,30H,15,17,19H2,1-3H3,(H,34,37)/t30-/m0/s1. The Kier molecular flexibility index (Phi) is 8.84. The van der Waals surface area contributed by atoms with Crippen LogP contribution in [-0.4, -0.2) is 39.6 Å². The number of thioether (sulfide) groups is 1. The number of amidine groups is 1. The average molecular weight is 569 g/mol. The number of aliphatic imine (C=N–C) groups is 1. The zero-order valence-corrected chi connectivity index (χ0v) is 24.1. The van der Waals surface area contributed by atoms with Gasteiger partial charge in [0.2, 0.25) is 5.91 Å². The number of aromatic nitrogens is 1. The van der Waals surface area contributed by atoms with Gasteiger partial charge in [-0.05, 0) is 68.1 Å². The van der Waals surface area contributed by atoms with Gasteiger partial charge in [-0.3, -0.25) is 9.78 Å². The van der Waals surface area contributed by atoms with Crippen molar-refractivity contribution in [3.63, 3.8) is 0 Å². The molecule has 0 aliphatic carbocycles. The number of nitrogens with one attached hydrogen (secondary N) is 1. The van der Waals surface area contributed by atoms with Gasteiger partial charge in [0.15, 0.2) is 5.17 Å². The fourth-order valence-electron chi connectivity index (χ4n) is 4.70. The van der Waals surface area contributed by atoms with E-state index in [-0.39, 0.29) is 18.4 Å². The van der Waals surface area contributed by atoms with Crippen molar-refractivity contribution >= 4 is 28.8 Å². The molecule has 2 aromatic carbocycles. The maximum absolute atomic E-state index is 13.5. The van der Waals surface area contributed by atoms with E-state index in [1.807, 2.05) is 104 Å². The van der Waals surface area contributed by atoms with E-state index in [1.165, 1.54) is 11.8 Å². The molecule has 1 atom stereocenters. The molecule has 8 nitrogen and oxygen atoms in total. The molecular formula is C32H32N4O4S. The average Bonchev–Trinajstić information content (AvgIpc) is 3.34. The Morgan fingerprint density at radius 1 is 1.02 bits per heavy atom. The molecule has 3 heterocycles. The number of hydrogen-bond acceptors (Lipinski definition) is 8. The number of allylic oxidation sites excluding steroid dienone is 1. The van der Waals surface area contributed by atoms with Crippen LogP contribution >= 0.6 is 11.8 Å². The van der Waals surface area contributed by atoms with Crippen molar-refractivity contribution in [1.29, 1.82) is 0 Å². The Balaban J connectivity index is 1.41. The van der Waals surface area contributed by atoms with Gasteiger partial charge in [0.1, 0.15) is 11.5 Å². The first-order chi connectivity index (χ1) is 19.9. The van der Waals surface area contributed by atoms with Crippen LogP contribution < -0.4 is 10.1 Å². The van der Waals surface area contributed by atoms with Gasteiger partial charge in [-0.1, -0.05) is 48.2 Å². The van der Waals surface area contributed by atoms with Crippen LogP contribution in [0.2, 0.25) is 0 Å². The summed E-state index contributed by atoms with van der Waals surface area (Å²) in [5, 5.41) is 5.63. The molecule has 1 amide bonds. The Hall–Kier alpha value is -4.37. The lowest BCUT2D eigenvalue weighted by molar-refractivity contribution is -0.143. The monoisotopic (exact) mass is 568 g/mol. The number of rotatable bonds is 10. The SMILES string of the molecule is CC1=C(C(=O)OC(C)C)[C@H](c2cccc(Oc3ccccc3)c2)N2C(CC(=O)NCCc3ccccn3)=CSC2=N1. The number of hydrogen-bond donors (Lipinski definition) is 1. The first-order valence-electron chi connectivity index (χ1n) is 13.5. The Labute approximate surface area is 244 Å². The molecule has 0 fully saturated rings. The van der Waals surface area contributed by atoms with E-state index in [0.29, 0.717) is 40.9 Å². The number of para-hydroxylation sites is 1. The van der Waals surface area contributed by atoms with E-state index in [1.54, 1.807) is 6.20 Å². The summed E-state index contributed by atoms with van der Waals surface area (Å²) in [4.78, 5) is 37.5. The summed E-state index contributed by atoms with van der Waals surface area (Å²) >= 11 is 1.44. The van der Waals surface area contributed by atoms with Crippen LogP contribution in [-0.2, 0) is 20.7 Å². The number of fused-ring (bicyclic) bond motifs is 1. The van der Waals surface area contributed by atoms with E-state index < -0.39 is 12.0 Å². The van der Waals surface area contributed by atoms with E-state index in [4.69, 9.17) is 14.5 Å². The topological polar surface area (TPSA) is 93.1 Å². The maximum atomic E-state index is 13.5. The van der Waals surface area contributed by atoms with Crippen LogP contribution in [0.25, 0.3) is 0 Å². The molecule has 41 heavy (non-hydrogen) atoms. The van der Waals surface area contributed by atoms with Gasteiger partial charge in [-0.15, -0.1) is 0 Å². The molecule has 2 aliphatic rings. The predicted octanol–water partition coefficient (Wildman–Crippen LogP) is 6.15. The fourth-order valence-corrected chi connectivity index (χ4v) is 5.66. The first-order valence-corrected chi connectivity index (χ1v) is 14.4. The minimum absolute atomic E-state index is 0.119. The van der Waals surface area contributed by atoms with E-state index in [9.17, 15) is 9.59 Å². The molecule has 0 saturated heterocycles. The molecule has 0 radical (unpaired) electrons. The third-order valence-corrected chi connectivity index (χ3v) is 7.38. The van der Waals surface area contributed by atoms with Crippen molar-refractivity contribution in [1.82, 2.24) is 15.2 Å². The first kappa shape index (κ1) is 28.2. The summed E-state index contributed by atoms with van der Waals surface area (Å²) < 4.78 is 11.8. The summed E-state index contributed by atoms with van der Waals surface area (Å²) in [7, 11) is 0. The molecule has 0 saturated carbocycles. The van der Waals surface area contributed by atoms with Gasteiger partial charge in [0.05, 0.1) is 29.8 Å². The zero-order chi connectivity index (χ0) is 28.8. The summed E-state index contributed by atoms with van der Waals surface area (Å²) in [6.45, 7) is 5.94. The molecule has 0 spiro atoms. The Morgan fingerprint density at radius 3 is 2.56 bits per heavy atom. The molecule has 0 bridgehead atoms. The van der Waals surface area contributed by atoms with Gasteiger partial charge < -0.3 is 19.7 Å². The normalized spacial score (nSPS) is 16.2. The third-order valence-electron chi connectivity index (χ3n) is 6.49. The smallest absolute Gasteiger partial charge is 0.338 e. The number of nitrogens with zero attached hydrogens (tertiary/aromatic N) is 3. The summed E-state index contributed by atoms with van der Waals surface area (Å²) in [5.41, 5.74) is 3.52. The van der Waals surface area contributed by atoms with Crippen LogP contribution in [0.15, 0.2) is 106 Å². The van der Waals surface area contributed by atoms with Crippen LogP contribution in [0.4, 0.5) is 0 Å². The molecule has 3 aromatic rings. The number of carbonyl (C=O) groups excluding carboxylic acids is 2. The molecule has 5 rings (SSSR count). The van der Waals surface area contributed by atoms with Crippen LogP contribution in [0.3, 0.4) is 0 Å². The van der Waals surface area contributed by atoms with Gasteiger partial charge in [-0.2, -0.15) is 0 Å². The highest BCUT2D eigenvalue weighted by Gasteiger charge is 2.41. The van der Waals surface area contributed by atoms with Crippen molar-refractivity contribution in [2.75, 3.05) is 6.54 Å². The summed E-state index contributed by atoms with van der Waals surface area (Å²) in [6, 6.07) is 22.4. The number of benzene rings is 2. The van der Waals surface area contributed by atoms with Crippen LogP contribution in [0, 0.1) is 0 Å². The summed E-state index contributed by atoms with van der Waals surface area (Å²) in [6.07, 6.45) is 2.22. The van der Waals surface area contributed by atoms with Gasteiger partial charge >= 0.3 is 5.97 Å². The van der Waals surface area contributed by atoms with E-state index in [0.717, 1.165) is 17.0 Å². The summed E-state index contributed by atoms with van der Waals surface area (Å²) in [5.74, 6) is 0.792. The van der Waals surface area contributed by atoms with Crippen molar-refractivity contribution in [2.24, 2.45) is 4.99 Å². The van der Waals surface area contributed by atoms with Gasteiger partial charge in [-0.25, -0.2) is 9.79 Å². The highest BCUT2D eigenvalue weighted by Crippen LogP contribution is 2.45. The van der Waals surface area contributed by atoms with Crippen LogP contribution in [0.1, 0.15) is 44.5 Å². The lowest BCUT2D eigenvalue weighted by Gasteiger charge is -2.36. The zero-order valence-electron chi connectivity index (χ0n) is 23.2. The maximum Gasteiger partial charge on any atom is 0.338 e. The fraction of sp³-hybridized carbons (Fsp3) is 0.250. The molecule has 2 aliphatic heterocycles. The highest BCUT2D eigenvalue weighted by molar-refractivity contribution is 8.16. The number of pyridine rings is 1. The Bertz CT molecular complexity index is 1500. The van der Waals surface area contributed by atoms with Crippen LogP contribution in [0.5, 0.6) is 11.5 Å². The van der Waals surface area contributed by atoms with Crippen molar-refractivity contribution in [2.45, 2.75) is 45.8 Å². The molecular weight excluding hydrogens is 536 g/mol. The van der Waals surface area contributed by atoms with Crippen molar-refractivity contribution < 1.29 is 19.1 Å². The largest absolute Gasteiger partial charge is 0.459 e. The van der Waals surface area contributed by atoms with E-state index in [2.05, 4.69) is 10.3 Å². The van der Waals surface area contributed by atoms with E-state index >= 15 is 0 Å². The number of amides is 1. The highest BCUT2D eigenvalue weighted by atomic mass is 32.2. The molecule has 210 valence electrons. The minimum atomic E-state index is -0.546. The number of carbonyl (C=O) groups is 2. The quantitative estimate of drug-likeness (QED) is 0.293. The second-order valence-electron chi connectivity index (χ2n) is 9.93. The molecule has 1 N–H and O–H groups in total. The second kappa shape index (κ2) is 12.9. The predicted molar refractivity (Wildman–Crippen MR) is 160 cm³/mol. The van der Waals surface area contributed by atoms with Gasteiger partial charge in [0, 0.05) is 30.6 Å². The third kappa shape index (κ3) is 6.86. The van der Waals surface area contributed by atoms with Gasteiger partial charge in [0.25, 0.3) is 0 Å². The second-order valence-corrected chi connectivity index (χ2v) is 10.8. The molecule has 9 heteroatoms.